The number of fused-ring (bicyclic) bond motifs is 2. The second-order valence-corrected chi connectivity index (χ2v) is 24.3. The molecule has 2 aliphatic carbocycles. The van der Waals surface area contributed by atoms with Crippen LogP contribution in [0.4, 0.5) is 0 Å². The van der Waals surface area contributed by atoms with E-state index < -0.39 is 82.8 Å². The average molecular weight is 1120 g/mol. The van der Waals surface area contributed by atoms with Crippen molar-refractivity contribution in [2.75, 3.05) is 27.2 Å². The molecule has 2 saturated heterocycles. The highest BCUT2D eigenvalue weighted by Crippen LogP contribution is 2.34. The molecule has 0 radical (unpaired) electrons. The predicted molar refractivity (Wildman–Crippen MR) is 297 cm³/mol. The van der Waals surface area contributed by atoms with Crippen LogP contribution in [0.2, 0.25) is 0 Å². The van der Waals surface area contributed by atoms with E-state index >= 15 is 0 Å². The standard InChI is InChI=1S/C58H79BrN10O8/c1-32(60-9)49(70)66-47(57(3,4)5)55(76)68-30-37(28-45(68)53(74)64-43-23-15-19-34-17-11-13-21-39(34)43)62-51(72)36-25-26-42(59)41(27-36)52(73)63-38-29-46(54(75)65-44-24-16-20-35-18-12-14-22-40(35)44)69(31-38)56(77)48(58(6,7)8)67-50(71)33(2)61-10/h11-14,17-18,21-22,25-27,32-33,37-38,43-48,60-61H,15-16,19-20,23-24,28-31H2,1-10H3,(H,62,72)(H,63,73)(H,64,74)(H,65,75)(H,66,70)(H,67,71)/t32-,33-,37-,38-,43?,44+,45-,46?,47+,48+/m0/s1. The Kier molecular flexibility index (Phi) is 18.7. The van der Waals surface area contributed by atoms with Gasteiger partial charge in [-0.15, -0.1) is 0 Å². The van der Waals surface area contributed by atoms with Gasteiger partial charge in [0.2, 0.25) is 35.4 Å². The summed E-state index contributed by atoms with van der Waals surface area (Å²) in [5.41, 5.74) is 3.13. The quantitative estimate of drug-likeness (QED) is 0.0999. The lowest BCUT2D eigenvalue weighted by Crippen LogP contribution is -2.59. The minimum absolute atomic E-state index is 0.0228. The Hall–Kier alpha value is -6.18. The van der Waals surface area contributed by atoms with Gasteiger partial charge in [-0.2, -0.15) is 0 Å². The molecule has 77 heavy (non-hydrogen) atoms. The second kappa shape index (κ2) is 24.7. The van der Waals surface area contributed by atoms with E-state index in [9.17, 15) is 38.4 Å². The molecule has 2 aliphatic heterocycles. The number of rotatable bonds is 16. The summed E-state index contributed by atoms with van der Waals surface area (Å²) in [7, 11) is 3.30. The molecule has 19 heteroatoms. The van der Waals surface area contributed by atoms with Crippen LogP contribution in [-0.4, -0.2) is 133 Å². The summed E-state index contributed by atoms with van der Waals surface area (Å²) in [4.78, 5) is 117. The first-order chi connectivity index (χ1) is 36.4. The summed E-state index contributed by atoms with van der Waals surface area (Å²) in [6.07, 6.45) is 5.18. The van der Waals surface area contributed by atoms with Crippen molar-refractivity contribution >= 4 is 63.2 Å². The van der Waals surface area contributed by atoms with Crippen molar-refractivity contribution in [1.29, 1.82) is 0 Å². The maximum atomic E-state index is 14.7. The van der Waals surface area contributed by atoms with Crippen molar-refractivity contribution in [2.45, 2.75) is 167 Å². The van der Waals surface area contributed by atoms with Crippen molar-refractivity contribution in [1.82, 2.24) is 52.3 Å². The Morgan fingerprint density at radius 1 is 0.571 bits per heavy atom. The number of aryl methyl sites for hydroxylation is 2. The average Bonchev–Trinajstić information content (AvgIpc) is 4.03. The SMILES string of the molecule is CN[C@@H](C)C(=O)N[C@H](C(=O)N1C[C@@H](NC(=O)c2cc(C(=O)N[C@H]3C[C@@H](C(=O)NC4CCCc5ccccc54)N(C(=O)[C@@H](NC(=O)[C@H](C)NC)C(C)(C)C)C3)ccc2Br)CC1C(=O)N[C@@H]1CCCc2ccccc21)C(C)(C)C. The van der Waals surface area contributed by atoms with Crippen molar-refractivity contribution in [3.05, 3.63) is 105 Å². The summed E-state index contributed by atoms with van der Waals surface area (Å²) in [5.74, 6) is -3.50. The molecule has 2 heterocycles. The third-order valence-corrected chi connectivity index (χ3v) is 16.4. The third-order valence-electron chi connectivity index (χ3n) is 15.7. The summed E-state index contributed by atoms with van der Waals surface area (Å²) in [6.45, 7) is 14.4. The molecule has 10 atom stereocenters. The van der Waals surface area contributed by atoms with Gasteiger partial charge in [-0.05, 0) is 147 Å². The van der Waals surface area contributed by atoms with Gasteiger partial charge in [-0.1, -0.05) is 90.1 Å². The largest absolute Gasteiger partial charge is 0.347 e. The third kappa shape index (κ3) is 13.8. The highest BCUT2D eigenvalue weighted by molar-refractivity contribution is 9.10. The number of benzene rings is 3. The molecule has 2 unspecified atom stereocenters. The van der Waals surface area contributed by atoms with Crippen LogP contribution in [-0.2, 0) is 41.6 Å². The maximum Gasteiger partial charge on any atom is 0.252 e. The monoisotopic (exact) mass is 1120 g/mol. The summed E-state index contributed by atoms with van der Waals surface area (Å²) in [5, 5.41) is 24.2. The minimum atomic E-state index is -1.01. The number of nitrogens with zero attached hydrogens (tertiary/aromatic N) is 2. The molecule has 0 saturated carbocycles. The Morgan fingerprint density at radius 2 is 0.987 bits per heavy atom. The van der Waals surface area contributed by atoms with Crippen LogP contribution < -0.4 is 42.5 Å². The van der Waals surface area contributed by atoms with Crippen LogP contribution in [0.15, 0.2) is 71.2 Å². The molecule has 0 aromatic heterocycles. The molecular weight excluding hydrogens is 1040 g/mol. The smallest absolute Gasteiger partial charge is 0.252 e. The first-order valence-electron chi connectivity index (χ1n) is 27.1. The van der Waals surface area contributed by atoms with Gasteiger partial charge in [-0.25, -0.2) is 0 Å². The van der Waals surface area contributed by atoms with Crippen LogP contribution in [0, 0.1) is 10.8 Å². The number of carbonyl (C=O) groups is 8. The van der Waals surface area contributed by atoms with Gasteiger partial charge in [-0.3, -0.25) is 38.4 Å². The van der Waals surface area contributed by atoms with Crippen molar-refractivity contribution in [3.8, 4) is 0 Å². The lowest BCUT2D eigenvalue weighted by molar-refractivity contribution is -0.144. The van der Waals surface area contributed by atoms with Crippen molar-refractivity contribution < 1.29 is 38.4 Å². The Bertz CT molecular complexity index is 2720. The normalized spacial score (nSPS) is 22.7. The molecule has 18 nitrogen and oxygen atoms in total. The molecule has 8 N–H and O–H groups in total. The fourth-order valence-electron chi connectivity index (χ4n) is 11.0. The van der Waals surface area contributed by atoms with Gasteiger partial charge in [0.25, 0.3) is 11.8 Å². The summed E-state index contributed by atoms with van der Waals surface area (Å²) >= 11 is 3.51. The summed E-state index contributed by atoms with van der Waals surface area (Å²) in [6, 6.07) is 13.5. The Morgan fingerprint density at radius 3 is 1.40 bits per heavy atom. The van der Waals surface area contributed by atoms with Gasteiger partial charge in [0.1, 0.15) is 24.2 Å². The van der Waals surface area contributed by atoms with E-state index in [-0.39, 0.29) is 72.8 Å². The molecule has 2 fully saturated rings. The van der Waals surface area contributed by atoms with E-state index in [1.807, 2.05) is 77.9 Å². The zero-order chi connectivity index (χ0) is 56.1. The van der Waals surface area contributed by atoms with E-state index in [1.54, 1.807) is 40.1 Å². The lowest BCUT2D eigenvalue weighted by Gasteiger charge is -2.36. The first-order valence-corrected chi connectivity index (χ1v) is 27.9. The second-order valence-electron chi connectivity index (χ2n) is 23.5. The van der Waals surface area contributed by atoms with Gasteiger partial charge < -0.3 is 52.3 Å². The highest BCUT2D eigenvalue weighted by atomic mass is 79.9. The Labute approximate surface area is 461 Å². The number of hydrogen-bond donors (Lipinski definition) is 8. The number of hydrogen-bond acceptors (Lipinski definition) is 10. The van der Waals surface area contributed by atoms with E-state index in [2.05, 4.69) is 70.6 Å². The first kappa shape index (κ1) is 58.5. The zero-order valence-electron chi connectivity index (χ0n) is 46.2. The number of likely N-dealkylation sites (N-methyl/N-ethyl adjacent to an activating group) is 2. The van der Waals surface area contributed by atoms with Crippen LogP contribution in [0.5, 0.6) is 0 Å². The van der Waals surface area contributed by atoms with Crippen LogP contribution >= 0.6 is 15.9 Å². The van der Waals surface area contributed by atoms with Crippen LogP contribution in [0.25, 0.3) is 0 Å². The molecule has 416 valence electrons. The predicted octanol–water partition coefficient (Wildman–Crippen LogP) is 4.51. The van der Waals surface area contributed by atoms with E-state index in [4.69, 9.17) is 0 Å². The Balaban J connectivity index is 1.10. The lowest BCUT2D eigenvalue weighted by atomic mass is 9.85. The number of amides is 8. The number of likely N-dealkylation sites (tertiary alicyclic amines) is 2. The van der Waals surface area contributed by atoms with Gasteiger partial charge in [0.15, 0.2) is 0 Å². The fourth-order valence-corrected chi connectivity index (χ4v) is 11.4. The number of carbonyl (C=O) groups excluding carboxylic acids is 8. The molecule has 8 amide bonds. The van der Waals surface area contributed by atoms with E-state index in [1.165, 1.54) is 15.9 Å². The number of halogens is 1. The molecule has 0 bridgehead atoms. The van der Waals surface area contributed by atoms with Crippen LogP contribution in [0.3, 0.4) is 0 Å². The van der Waals surface area contributed by atoms with Gasteiger partial charge in [0, 0.05) is 35.2 Å². The molecule has 3 aromatic rings. The van der Waals surface area contributed by atoms with Crippen LogP contribution in [0.1, 0.15) is 149 Å². The van der Waals surface area contributed by atoms with Gasteiger partial charge >= 0.3 is 0 Å². The topological polar surface area (TPSA) is 239 Å². The fraction of sp³-hybridized carbons (Fsp3) is 0.552. The van der Waals surface area contributed by atoms with Gasteiger partial charge in [0.05, 0.1) is 29.7 Å². The number of nitrogens with one attached hydrogen (secondary N) is 8. The molecule has 4 aliphatic rings. The van der Waals surface area contributed by atoms with E-state index in [0.717, 1.165) is 60.8 Å². The molecular formula is C58H79BrN10O8. The van der Waals surface area contributed by atoms with Crippen molar-refractivity contribution in [2.24, 2.45) is 10.8 Å². The van der Waals surface area contributed by atoms with E-state index in [0.29, 0.717) is 4.47 Å². The zero-order valence-corrected chi connectivity index (χ0v) is 47.8. The minimum Gasteiger partial charge on any atom is -0.347 e. The molecule has 3 aromatic carbocycles. The molecule has 0 spiro atoms. The van der Waals surface area contributed by atoms with Crippen molar-refractivity contribution in [3.63, 3.8) is 0 Å². The highest BCUT2D eigenvalue weighted by Gasteiger charge is 2.48. The molecule has 7 rings (SSSR count). The maximum absolute atomic E-state index is 14.7. The summed E-state index contributed by atoms with van der Waals surface area (Å²) < 4.78 is 0.387.